The van der Waals surface area contributed by atoms with Crippen molar-refractivity contribution in [2.75, 3.05) is 0 Å². The van der Waals surface area contributed by atoms with Gasteiger partial charge in [0, 0.05) is 13.8 Å². The summed E-state index contributed by atoms with van der Waals surface area (Å²) < 4.78 is 10.2. The summed E-state index contributed by atoms with van der Waals surface area (Å²) in [6.07, 6.45) is -1.15. The molecule has 1 N–H and O–H groups in total. The highest BCUT2D eigenvalue weighted by atomic mass is 16.7. The van der Waals surface area contributed by atoms with Crippen molar-refractivity contribution in [1.82, 2.24) is 0 Å². The van der Waals surface area contributed by atoms with Crippen molar-refractivity contribution in [2.24, 2.45) is 0 Å². The molecule has 13 heavy (non-hydrogen) atoms. The topological polar surface area (TPSA) is 55.8 Å². The molecule has 0 saturated carbocycles. The Kier molecular flexibility index (Phi) is 4.36. The summed E-state index contributed by atoms with van der Waals surface area (Å²) in [6, 6.07) is 0. The number of rotatable bonds is 4. The summed E-state index contributed by atoms with van der Waals surface area (Å²) in [5.41, 5.74) is 0. The largest absolute Gasteiger partial charge is 0.432 e. The summed E-state index contributed by atoms with van der Waals surface area (Å²) >= 11 is 0. The first-order chi connectivity index (χ1) is 5.74. The van der Waals surface area contributed by atoms with Crippen molar-refractivity contribution in [3.63, 3.8) is 0 Å². The molecule has 0 aromatic carbocycles. The Morgan fingerprint density at radius 2 is 1.77 bits per heavy atom. The molecule has 78 valence electrons. The summed E-state index contributed by atoms with van der Waals surface area (Å²) in [4.78, 5) is 11.0. The van der Waals surface area contributed by atoms with Gasteiger partial charge in [-0.2, -0.15) is 0 Å². The molecule has 0 aliphatic rings. The molecule has 0 bridgehead atoms. The summed E-state index contributed by atoms with van der Waals surface area (Å²) in [7, 11) is 0. The van der Waals surface area contributed by atoms with E-state index in [0.29, 0.717) is 0 Å². The van der Waals surface area contributed by atoms with Gasteiger partial charge in [-0.1, -0.05) is 0 Å². The van der Waals surface area contributed by atoms with Crippen LogP contribution in [0.5, 0.6) is 0 Å². The SMILES string of the molecule is CC(C)OC(C)(C)OC(=O)C(C)O. The van der Waals surface area contributed by atoms with Crippen LogP contribution in [0.1, 0.15) is 34.6 Å². The van der Waals surface area contributed by atoms with Gasteiger partial charge in [0.05, 0.1) is 6.10 Å². The van der Waals surface area contributed by atoms with Gasteiger partial charge in [0.2, 0.25) is 5.79 Å². The van der Waals surface area contributed by atoms with Crippen LogP contribution in [0.15, 0.2) is 0 Å². The third kappa shape index (κ3) is 5.60. The molecule has 4 heteroatoms. The fourth-order valence-electron chi connectivity index (χ4n) is 0.919. The van der Waals surface area contributed by atoms with E-state index in [-0.39, 0.29) is 6.10 Å². The highest BCUT2D eigenvalue weighted by molar-refractivity contribution is 5.74. The molecule has 1 atom stereocenters. The van der Waals surface area contributed by atoms with Crippen LogP contribution in [0.2, 0.25) is 0 Å². The number of ether oxygens (including phenoxy) is 2. The number of hydrogen-bond donors (Lipinski definition) is 1. The molecule has 0 heterocycles. The summed E-state index contributed by atoms with van der Waals surface area (Å²) in [5.74, 6) is -1.66. The number of carbonyl (C=O) groups excluding carboxylic acids is 1. The van der Waals surface area contributed by atoms with Gasteiger partial charge >= 0.3 is 5.97 Å². The zero-order chi connectivity index (χ0) is 10.6. The molecule has 0 amide bonds. The van der Waals surface area contributed by atoms with Gasteiger partial charge in [-0.15, -0.1) is 0 Å². The lowest BCUT2D eigenvalue weighted by Gasteiger charge is -2.27. The number of aliphatic hydroxyl groups excluding tert-OH is 1. The van der Waals surface area contributed by atoms with Crippen molar-refractivity contribution < 1.29 is 19.4 Å². The molecule has 4 nitrogen and oxygen atoms in total. The smallest absolute Gasteiger partial charge is 0.337 e. The Hall–Kier alpha value is -0.610. The summed E-state index contributed by atoms with van der Waals surface area (Å²) in [5, 5.41) is 8.89. The maximum atomic E-state index is 11.0. The van der Waals surface area contributed by atoms with Gasteiger partial charge in [0.25, 0.3) is 0 Å². The Morgan fingerprint density at radius 1 is 1.31 bits per heavy atom. The van der Waals surface area contributed by atoms with Crippen LogP contribution < -0.4 is 0 Å². The first-order valence-electron chi connectivity index (χ1n) is 4.33. The van der Waals surface area contributed by atoms with Crippen LogP contribution in [0.25, 0.3) is 0 Å². The zero-order valence-electron chi connectivity index (χ0n) is 8.83. The van der Waals surface area contributed by atoms with E-state index < -0.39 is 17.9 Å². The number of hydrogen-bond acceptors (Lipinski definition) is 4. The fourth-order valence-corrected chi connectivity index (χ4v) is 0.919. The molecule has 0 spiro atoms. The van der Waals surface area contributed by atoms with Crippen LogP contribution in [-0.4, -0.2) is 29.1 Å². The van der Waals surface area contributed by atoms with Crippen molar-refractivity contribution in [1.29, 1.82) is 0 Å². The average Bonchev–Trinajstić information content (AvgIpc) is 1.81. The van der Waals surface area contributed by atoms with E-state index in [9.17, 15) is 4.79 Å². The quantitative estimate of drug-likeness (QED) is 0.532. The van der Waals surface area contributed by atoms with E-state index >= 15 is 0 Å². The first-order valence-corrected chi connectivity index (χ1v) is 4.33. The highest BCUT2D eigenvalue weighted by Crippen LogP contribution is 2.14. The van der Waals surface area contributed by atoms with Gasteiger partial charge in [-0.05, 0) is 20.8 Å². The molecule has 1 unspecified atom stereocenters. The zero-order valence-corrected chi connectivity index (χ0v) is 8.83. The fraction of sp³-hybridized carbons (Fsp3) is 0.889. The summed E-state index contributed by atoms with van der Waals surface area (Å²) in [6.45, 7) is 8.31. The monoisotopic (exact) mass is 190 g/mol. The van der Waals surface area contributed by atoms with E-state index in [4.69, 9.17) is 14.6 Å². The molecule has 0 radical (unpaired) electrons. The number of carbonyl (C=O) groups is 1. The molecule has 0 aromatic rings. The Morgan fingerprint density at radius 3 is 2.08 bits per heavy atom. The lowest BCUT2D eigenvalue weighted by molar-refractivity contribution is -0.232. The molecule has 0 aliphatic heterocycles. The van der Waals surface area contributed by atoms with Crippen LogP contribution in [-0.2, 0) is 14.3 Å². The standard InChI is InChI=1S/C9H18O4/c1-6(2)12-9(4,5)13-8(11)7(3)10/h6-7,10H,1-5H3. The highest BCUT2D eigenvalue weighted by Gasteiger charge is 2.26. The Bertz CT molecular complexity index is 172. The molecule has 0 aliphatic carbocycles. The molecular formula is C9H18O4. The predicted octanol–water partition coefficient (Wildman–Crippen LogP) is 1.07. The van der Waals surface area contributed by atoms with Gasteiger partial charge in [-0.25, -0.2) is 4.79 Å². The number of aliphatic hydroxyl groups is 1. The minimum atomic E-state index is -1.12. The van der Waals surface area contributed by atoms with Crippen molar-refractivity contribution in [3.8, 4) is 0 Å². The van der Waals surface area contributed by atoms with Gasteiger partial charge in [0.1, 0.15) is 6.10 Å². The van der Waals surface area contributed by atoms with E-state index in [1.807, 2.05) is 13.8 Å². The van der Waals surface area contributed by atoms with E-state index in [2.05, 4.69) is 0 Å². The van der Waals surface area contributed by atoms with E-state index in [0.717, 1.165) is 0 Å². The first kappa shape index (κ1) is 12.4. The lowest BCUT2D eigenvalue weighted by atomic mass is 10.3. The Balaban J connectivity index is 4.09. The number of esters is 1. The van der Waals surface area contributed by atoms with Crippen molar-refractivity contribution >= 4 is 5.97 Å². The van der Waals surface area contributed by atoms with E-state index in [1.165, 1.54) is 6.92 Å². The van der Waals surface area contributed by atoms with Crippen molar-refractivity contribution in [2.45, 2.75) is 52.6 Å². The van der Waals surface area contributed by atoms with Crippen LogP contribution in [0.4, 0.5) is 0 Å². The maximum absolute atomic E-state index is 11.0. The molecule has 0 aromatic heterocycles. The molecule has 0 fully saturated rings. The normalized spacial score (nSPS) is 14.4. The van der Waals surface area contributed by atoms with Crippen LogP contribution in [0, 0.1) is 0 Å². The minimum absolute atomic E-state index is 0.0307. The predicted molar refractivity (Wildman–Crippen MR) is 48.1 cm³/mol. The maximum Gasteiger partial charge on any atom is 0.337 e. The second kappa shape index (κ2) is 4.58. The van der Waals surface area contributed by atoms with Gasteiger partial charge in [0.15, 0.2) is 0 Å². The second-order valence-electron chi connectivity index (χ2n) is 3.66. The van der Waals surface area contributed by atoms with Crippen LogP contribution >= 0.6 is 0 Å². The molecule has 0 saturated heterocycles. The average molecular weight is 190 g/mol. The third-order valence-electron chi connectivity index (χ3n) is 1.21. The van der Waals surface area contributed by atoms with Gasteiger partial charge < -0.3 is 14.6 Å². The van der Waals surface area contributed by atoms with Crippen LogP contribution in [0.3, 0.4) is 0 Å². The van der Waals surface area contributed by atoms with E-state index in [1.54, 1.807) is 13.8 Å². The van der Waals surface area contributed by atoms with Gasteiger partial charge in [-0.3, -0.25) is 0 Å². The molecular weight excluding hydrogens is 172 g/mol. The molecule has 0 rings (SSSR count). The second-order valence-corrected chi connectivity index (χ2v) is 3.66. The minimum Gasteiger partial charge on any atom is -0.432 e. The van der Waals surface area contributed by atoms with Crippen molar-refractivity contribution in [3.05, 3.63) is 0 Å². The third-order valence-corrected chi connectivity index (χ3v) is 1.21. The Labute approximate surface area is 78.8 Å². The lowest BCUT2D eigenvalue weighted by Crippen LogP contribution is -2.37.